The molecular weight excluding hydrogens is 254 g/mol. The van der Waals surface area contributed by atoms with Gasteiger partial charge in [-0.05, 0) is 26.7 Å². The van der Waals surface area contributed by atoms with E-state index in [1.54, 1.807) is 0 Å². The number of morpholine rings is 1. The zero-order valence-electron chi connectivity index (χ0n) is 13.1. The molecule has 0 aromatic rings. The second-order valence-corrected chi connectivity index (χ2v) is 7.42. The Morgan fingerprint density at radius 3 is 2.30 bits per heavy atom. The van der Waals surface area contributed by atoms with Crippen molar-refractivity contribution in [2.45, 2.75) is 64.1 Å². The first-order valence-corrected chi connectivity index (χ1v) is 8.11. The fourth-order valence-electron chi connectivity index (χ4n) is 3.95. The number of aliphatic hydroxyl groups is 2. The van der Waals surface area contributed by atoms with Crippen molar-refractivity contribution in [1.29, 1.82) is 0 Å². The standard InChI is InChI=1S/C16H31NO3/c1-15(2)11-17(9-14(10-18)20-15)12-16(13-19)7-5-3-4-6-8-16/h14,18-19H,3-13H2,1-2H3. The predicted octanol–water partition coefficient (Wildman–Crippen LogP) is 1.79. The number of hydrogen-bond donors (Lipinski definition) is 2. The first kappa shape index (κ1) is 16.2. The summed E-state index contributed by atoms with van der Waals surface area (Å²) in [5.41, 5.74) is -0.156. The molecule has 4 heteroatoms. The van der Waals surface area contributed by atoms with E-state index in [1.165, 1.54) is 25.7 Å². The van der Waals surface area contributed by atoms with Crippen LogP contribution >= 0.6 is 0 Å². The summed E-state index contributed by atoms with van der Waals surface area (Å²) in [6, 6.07) is 0. The van der Waals surface area contributed by atoms with Crippen molar-refractivity contribution in [3.63, 3.8) is 0 Å². The molecule has 1 aliphatic carbocycles. The van der Waals surface area contributed by atoms with Crippen LogP contribution in [0, 0.1) is 5.41 Å². The topological polar surface area (TPSA) is 52.9 Å². The Morgan fingerprint density at radius 1 is 1.10 bits per heavy atom. The molecule has 0 amide bonds. The smallest absolute Gasteiger partial charge is 0.0940 e. The third-order valence-corrected chi connectivity index (χ3v) is 4.81. The van der Waals surface area contributed by atoms with Gasteiger partial charge < -0.3 is 14.9 Å². The van der Waals surface area contributed by atoms with Gasteiger partial charge in [0.15, 0.2) is 0 Å². The number of nitrogens with zero attached hydrogens (tertiary/aromatic N) is 1. The largest absolute Gasteiger partial charge is 0.396 e. The molecule has 1 heterocycles. The SMILES string of the molecule is CC1(C)CN(CC2(CO)CCCCCC2)CC(CO)O1. The minimum absolute atomic E-state index is 0.0595. The lowest BCUT2D eigenvalue weighted by atomic mass is 9.80. The number of ether oxygens (including phenoxy) is 1. The summed E-state index contributed by atoms with van der Waals surface area (Å²) in [5, 5.41) is 19.4. The summed E-state index contributed by atoms with van der Waals surface area (Å²) >= 11 is 0. The van der Waals surface area contributed by atoms with Gasteiger partial charge >= 0.3 is 0 Å². The molecule has 1 aliphatic heterocycles. The summed E-state index contributed by atoms with van der Waals surface area (Å²) in [6.07, 6.45) is 7.23. The van der Waals surface area contributed by atoms with Crippen LogP contribution in [0.3, 0.4) is 0 Å². The van der Waals surface area contributed by atoms with Crippen molar-refractivity contribution in [2.75, 3.05) is 32.8 Å². The third-order valence-electron chi connectivity index (χ3n) is 4.81. The van der Waals surface area contributed by atoms with Gasteiger partial charge in [0.1, 0.15) is 0 Å². The van der Waals surface area contributed by atoms with E-state index in [0.717, 1.165) is 32.5 Å². The molecule has 1 atom stereocenters. The minimum Gasteiger partial charge on any atom is -0.396 e. The summed E-state index contributed by atoms with van der Waals surface area (Å²) in [7, 11) is 0. The number of hydrogen-bond acceptors (Lipinski definition) is 4. The molecule has 118 valence electrons. The van der Waals surface area contributed by atoms with Gasteiger partial charge in [-0.15, -0.1) is 0 Å². The Labute approximate surface area is 123 Å². The Bertz CT molecular complexity index is 298. The molecule has 4 nitrogen and oxygen atoms in total. The van der Waals surface area contributed by atoms with Crippen LogP contribution in [0.15, 0.2) is 0 Å². The third kappa shape index (κ3) is 4.17. The van der Waals surface area contributed by atoms with Gasteiger partial charge in [-0.2, -0.15) is 0 Å². The van der Waals surface area contributed by atoms with Crippen LogP contribution in [0.2, 0.25) is 0 Å². The maximum Gasteiger partial charge on any atom is 0.0940 e. The predicted molar refractivity (Wildman–Crippen MR) is 79.7 cm³/mol. The fraction of sp³-hybridized carbons (Fsp3) is 1.00. The summed E-state index contributed by atoms with van der Waals surface area (Å²) in [6.45, 7) is 7.13. The van der Waals surface area contributed by atoms with Gasteiger partial charge in [-0.25, -0.2) is 0 Å². The van der Waals surface area contributed by atoms with E-state index >= 15 is 0 Å². The van der Waals surface area contributed by atoms with Crippen LogP contribution in [0.4, 0.5) is 0 Å². The lowest BCUT2D eigenvalue weighted by Gasteiger charge is -2.46. The van der Waals surface area contributed by atoms with Crippen molar-refractivity contribution < 1.29 is 14.9 Å². The molecule has 0 aromatic heterocycles. The van der Waals surface area contributed by atoms with Crippen LogP contribution in [0.5, 0.6) is 0 Å². The summed E-state index contributed by atoms with van der Waals surface area (Å²) in [4.78, 5) is 2.39. The second-order valence-electron chi connectivity index (χ2n) is 7.42. The normalized spacial score (nSPS) is 30.9. The van der Waals surface area contributed by atoms with Crippen molar-refractivity contribution >= 4 is 0 Å². The quantitative estimate of drug-likeness (QED) is 0.773. The highest BCUT2D eigenvalue weighted by Crippen LogP contribution is 2.36. The van der Waals surface area contributed by atoms with Gasteiger partial charge in [0, 0.05) is 31.7 Å². The van der Waals surface area contributed by atoms with Crippen molar-refractivity contribution in [3.05, 3.63) is 0 Å². The maximum absolute atomic E-state index is 9.94. The fourth-order valence-corrected chi connectivity index (χ4v) is 3.95. The number of aliphatic hydroxyl groups excluding tert-OH is 2. The zero-order chi connectivity index (χ0) is 14.6. The van der Waals surface area contributed by atoms with Gasteiger partial charge in [0.2, 0.25) is 0 Å². The highest BCUT2D eigenvalue weighted by atomic mass is 16.5. The van der Waals surface area contributed by atoms with E-state index in [9.17, 15) is 10.2 Å². The average molecular weight is 285 g/mol. The molecule has 0 radical (unpaired) electrons. The van der Waals surface area contributed by atoms with E-state index in [1.807, 2.05) is 0 Å². The molecule has 0 spiro atoms. The molecule has 2 fully saturated rings. The second kappa shape index (κ2) is 6.73. The van der Waals surface area contributed by atoms with Crippen LogP contribution in [-0.2, 0) is 4.74 Å². The Kier molecular flexibility index (Phi) is 5.46. The lowest BCUT2D eigenvalue weighted by molar-refractivity contribution is -0.156. The number of rotatable bonds is 4. The molecule has 2 N–H and O–H groups in total. The summed E-state index contributed by atoms with van der Waals surface area (Å²) < 4.78 is 5.88. The monoisotopic (exact) mass is 285 g/mol. The molecule has 20 heavy (non-hydrogen) atoms. The van der Waals surface area contributed by atoms with Gasteiger partial charge in [-0.3, -0.25) is 4.90 Å². The van der Waals surface area contributed by atoms with Crippen molar-refractivity contribution in [1.82, 2.24) is 4.90 Å². The van der Waals surface area contributed by atoms with Crippen LogP contribution < -0.4 is 0 Å². The van der Waals surface area contributed by atoms with Gasteiger partial charge in [-0.1, -0.05) is 25.7 Å². The van der Waals surface area contributed by atoms with Crippen LogP contribution in [0.25, 0.3) is 0 Å². The van der Waals surface area contributed by atoms with E-state index in [0.29, 0.717) is 0 Å². The lowest BCUT2D eigenvalue weighted by Crippen LogP contribution is -2.56. The molecular formula is C16H31NO3. The highest BCUT2D eigenvalue weighted by molar-refractivity contribution is 4.90. The molecule has 1 saturated heterocycles. The van der Waals surface area contributed by atoms with E-state index < -0.39 is 0 Å². The minimum atomic E-state index is -0.215. The Morgan fingerprint density at radius 2 is 1.75 bits per heavy atom. The highest BCUT2D eigenvalue weighted by Gasteiger charge is 2.38. The molecule has 0 bridgehead atoms. The van der Waals surface area contributed by atoms with E-state index in [4.69, 9.17) is 4.74 Å². The Balaban J connectivity index is 2.02. The first-order chi connectivity index (χ1) is 9.49. The van der Waals surface area contributed by atoms with E-state index in [-0.39, 0.29) is 30.3 Å². The average Bonchev–Trinajstić information content (AvgIpc) is 2.63. The van der Waals surface area contributed by atoms with Gasteiger partial charge in [0.05, 0.1) is 18.3 Å². The molecule has 2 rings (SSSR count). The van der Waals surface area contributed by atoms with E-state index in [2.05, 4.69) is 18.7 Å². The van der Waals surface area contributed by atoms with Crippen molar-refractivity contribution in [3.8, 4) is 0 Å². The molecule has 0 aromatic carbocycles. The van der Waals surface area contributed by atoms with Crippen molar-refractivity contribution in [2.24, 2.45) is 5.41 Å². The molecule has 2 aliphatic rings. The zero-order valence-corrected chi connectivity index (χ0v) is 13.1. The van der Waals surface area contributed by atoms with Crippen LogP contribution in [-0.4, -0.2) is 59.7 Å². The van der Waals surface area contributed by atoms with Crippen LogP contribution in [0.1, 0.15) is 52.4 Å². The first-order valence-electron chi connectivity index (χ1n) is 8.11. The summed E-state index contributed by atoms with van der Waals surface area (Å²) in [5.74, 6) is 0. The maximum atomic E-state index is 9.94. The molecule has 1 unspecified atom stereocenters. The Hall–Kier alpha value is -0.160. The molecule has 1 saturated carbocycles. The van der Waals surface area contributed by atoms with Gasteiger partial charge in [0.25, 0.3) is 0 Å².